The molecule has 28 heavy (non-hydrogen) atoms. The highest BCUT2D eigenvalue weighted by atomic mass is 16.2. The quantitative estimate of drug-likeness (QED) is 0.865. The van der Waals surface area contributed by atoms with Gasteiger partial charge in [-0.3, -0.25) is 9.59 Å². The van der Waals surface area contributed by atoms with Gasteiger partial charge in [0.2, 0.25) is 11.8 Å². The zero-order valence-corrected chi connectivity index (χ0v) is 16.1. The van der Waals surface area contributed by atoms with E-state index in [4.69, 9.17) is 0 Å². The fourth-order valence-electron chi connectivity index (χ4n) is 4.06. The molecular weight excluding hydrogens is 350 g/mol. The van der Waals surface area contributed by atoms with Gasteiger partial charge in [-0.15, -0.1) is 0 Å². The Labute approximate surface area is 166 Å². The van der Waals surface area contributed by atoms with E-state index in [9.17, 15) is 9.59 Å². The van der Waals surface area contributed by atoms with E-state index in [1.165, 1.54) is 24.9 Å². The first-order chi connectivity index (χ1) is 13.7. The van der Waals surface area contributed by atoms with Crippen molar-refractivity contribution in [3.8, 4) is 0 Å². The van der Waals surface area contributed by atoms with Gasteiger partial charge in [0.15, 0.2) is 0 Å². The van der Waals surface area contributed by atoms with E-state index in [2.05, 4.69) is 22.3 Å². The first kappa shape index (κ1) is 18.5. The van der Waals surface area contributed by atoms with Crippen molar-refractivity contribution in [2.75, 3.05) is 29.9 Å². The monoisotopic (exact) mass is 377 g/mol. The highest BCUT2D eigenvalue weighted by Gasteiger charge is 2.34. The van der Waals surface area contributed by atoms with Crippen LogP contribution in [0.5, 0.6) is 0 Å². The number of piperidine rings is 1. The maximum Gasteiger partial charge on any atom is 0.229 e. The Bertz CT molecular complexity index is 814. The number of likely N-dealkylation sites (tertiary alicyclic amines) is 1. The molecule has 146 valence electrons. The van der Waals surface area contributed by atoms with E-state index in [1.807, 2.05) is 42.5 Å². The number of hydrogen-bond donors (Lipinski definition) is 1. The molecule has 2 aliphatic rings. The van der Waals surface area contributed by atoms with Crippen molar-refractivity contribution in [1.82, 2.24) is 4.90 Å². The molecule has 2 aromatic rings. The van der Waals surface area contributed by atoms with Crippen LogP contribution in [-0.2, 0) is 16.1 Å². The molecule has 2 aromatic carbocycles. The van der Waals surface area contributed by atoms with Crippen molar-refractivity contribution < 1.29 is 9.59 Å². The largest absolute Gasteiger partial charge is 0.372 e. The highest BCUT2D eigenvalue weighted by molar-refractivity contribution is 5.97. The molecule has 1 N–H and O–H groups in total. The van der Waals surface area contributed by atoms with E-state index in [-0.39, 0.29) is 24.2 Å². The fourth-order valence-corrected chi connectivity index (χ4v) is 4.06. The van der Waals surface area contributed by atoms with Crippen molar-refractivity contribution in [2.24, 2.45) is 5.92 Å². The predicted molar refractivity (Wildman–Crippen MR) is 111 cm³/mol. The summed E-state index contributed by atoms with van der Waals surface area (Å²) in [5.41, 5.74) is 3.09. The third kappa shape index (κ3) is 4.35. The lowest BCUT2D eigenvalue weighted by Crippen LogP contribution is -2.29. The molecule has 2 saturated heterocycles. The van der Waals surface area contributed by atoms with Gasteiger partial charge >= 0.3 is 0 Å². The third-order valence-electron chi connectivity index (χ3n) is 5.66. The number of carbonyl (C=O) groups excluding carboxylic acids is 2. The van der Waals surface area contributed by atoms with Crippen molar-refractivity contribution >= 4 is 23.2 Å². The summed E-state index contributed by atoms with van der Waals surface area (Å²) in [4.78, 5) is 29.1. The van der Waals surface area contributed by atoms with Crippen molar-refractivity contribution in [3.63, 3.8) is 0 Å². The molecule has 5 nitrogen and oxygen atoms in total. The maximum atomic E-state index is 12.6. The molecule has 0 unspecified atom stereocenters. The topological polar surface area (TPSA) is 52.7 Å². The number of anilines is 2. The average Bonchev–Trinajstić information content (AvgIpc) is 3.10. The molecule has 2 heterocycles. The van der Waals surface area contributed by atoms with E-state index in [0.29, 0.717) is 13.1 Å². The van der Waals surface area contributed by atoms with Gasteiger partial charge in [0, 0.05) is 44.0 Å². The van der Waals surface area contributed by atoms with E-state index in [0.717, 1.165) is 24.3 Å². The van der Waals surface area contributed by atoms with Crippen LogP contribution in [0, 0.1) is 5.92 Å². The first-order valence-corrected chi connectivity index (χ1v) is 10.2. The van der Waals surface area contributed by atoms with Gasteiger partial charge in [-0.1, -0.05) is 30.3 Å². The van der Waals surface area contributed by atoms with Crippen LogP contribution in [0.2, 0.25) is 0 Å². The molecule has 0 bridgehead atoms. The van der Waals surface area contributed by atoms with Gasteiger partial charge in [0.25, 0.3) is 0 Å². The maximum absolute atomic E-state index is 12.6. The molecule has 1 atom stereocenters. The van der Waals surface area contributed by atoms with Crippen LogP contribution in [0.25, 0.3) is 0 Å². The number of benzene rings is 2. The summed E-state index contributed by atoms with van der Waals surface area (Å²) in [6.07, 6.45) is 4.08. The average molecular weight is 377 g/mol. The lowest BCUT2D eigenvalue weighted by Gasteiger charge is -2.28. The van der Waals surface area contributed by atoms with Crippen LogP contribution in [0.1, 0.15) is 31.2 Å². The van der Waals surface area contributed by atoms with Crippen molar-refractivity contribution in [1.29, 1.82) is 0 Å². The minimum Gasteiger partial charge on any atom is -0.372 e. The Balaban J connectivity index is 1.33. The second kappa shape index (κ2) is 8.46. The first-order valence-electron chi connectivity index (χ1n) is 10.2. The fraction of sp³-hybridized carbons (Fsp3) is 0.391. The molecule has 2 fully saturated rings. The van der Waals surface area contributed by atoms with Gasteiger partial charge in [0.05, 0.1) is 5.92 Å². The molecule has 0 radical (unpaired) electrons. The van der Waals surface area contributed by atoms with E-state index in [1.54, 1.807) is 4.90 Å². The molecule has 2 amide bonds. The number of rotatable bonds is 5. The van der Waals surface area contributed by atoms with Gasteiger partial charge in [-0.05, 0) is 49.1 Å². The Morgan fingerprint density at radius 3 is 2.39 bits per heavy atom. The summed E-state index contributed by atoms with van der Waals surface area (Å²) in [6.45, 7) is 3.25. The molecule has 0 aromatic heterocycles. The molecule has 0 spiro atoms. The van der Waals surface area contributed by atoms with E-state index < -0.39 is 0 Å². The van der Waals surface area contributed by atoms with Gasteiger partial charge in [0.1, 0.15) is 0 Å². The minimum absolute atomic E-state index is 0.0458. The van der Waals surface area contributed by atoms with Crippen LogP contribution in [-0.4, -0.2) is 36.3 Å². The van der Waals surface area contributed by atoms with Gasteiger partial charge in [-0.2, -0.15) is 0 Å². The Morgan fingerprint density at radius 1 is 0.964 bits per heavy atom. The van der Waals surface area contributed by atoms with Crippen molar-refractivity contribution in [2.45, 2.75) is 32.2 Å². The Kier molecular flexibility index (Phi) is 5.60. The van der Waals surface area contributed by atoms with Crippen LogP contribution in [0.15, 0.2) is 54.6 Å². The second-order valence-electron chi connectivity index (χ2n) is 7.74. The molecule has 5 heteroatoms. The lowest BCUT2D eigenvalue weighted by molar-refractivity contribution is -0.128. The number of nitrogens with zero attached hydrogens (tertiary/aromatic N) is 2. The number of amides is 2. The predicted octanol–water partition coefficient (Wildman–Crippen LogP) is 3.66. The summed E-state index contributed by atoms with van der Waals surface area (Å²) < 4.78 is 0. The smallest absolute Gasteiger partial charge is 0.229 e. The normalized spacial score (nSPS) is 19.7. The zero-order chi connectivity index (χ0) is 19.3. The highest BCUT2D eigenvalue weighted by Crippen LogP contribution is 2.24. The molecule has 2 aliphatic heterocycles. The summed E-state index contributed by atoms with van der Waals surface area (Å²) in [7, 11) is 0. The second-order valence-corrected chi connectivity index (χ2v) is 7.74. The minimum atomic E-state index is -0.294. The number of carbonyl (C=O) groups is 2. The zero-order valence-electron chi connectivity index (χ0n) is 16.1. The summed E-state index contributed by atoms with van der Waals surface area (Å²) in [5.74, 6) is -0.322. The standard InChI is InChI=1S/C23H27N3O2/c27-22-15-19(17-26(22)16-18-7-3-1-4-8-18)23(28)24-20-9-11-21(12-10-20)25-13-5-2-6-14-25/h1,3-4,7-12,19H,2,5-6,13-17H2,(H,24,28)/t19-/m0/s1. The SMILES string of the molecule is O=C(Nc1ccc(N2CCCCC2)cc1)[C@H]1CC(=O)N(Cc2ccccc2)C1. The van der Waals surface area contributed by atoms with Crippen molar-refractivity contribution in [3.05, 3.63) is 60.2 Å². The van der Waals surface area contributed by atoms with Gasteiger partial charge < -0.3 is 15.1 Å². The van der Waals surface area contributed by atoms with Crippen LogP contribution in [0.3, 0.4) is 0 Å². The lowest BCUT2D eigenvalue weighted by atomic mass is 10.1. The summed E-state index contributed by atoms with van der Waals surface area (Å²) in [5, 5.41) is 2.98. The van der Waals surface area contributed by atoms with Crippen LogP contribution in [0.4, 0.5) is 11.4 Å². The van der Waals surface area contributed by atoms with Gasteiger partial charge in [-0.25, -0.2) is 0 Å². The number of nitrogens with one attached hydrogen (secondary N) is 1. The molecule has 0 aliphatic carbocycles. The van der Waals surface area contributed by atoms with Crippen LogP contribution >= 0.6 is 0 Å². The summed E-state index contributed by atoms with van der Waals surface area (Å²) >= 11 is 0. The molecule has 0 saturated carbocycles. The Hall–Kier alpha value is -2.82. The Morgan fingerprint density at radius 2 is 1.68 bits per heavy atom. The summed E-state index contributed by atoms with van der Waals surface area (Å²) in [6, 6.07) is 18.0. The molecule has 4 rings (SSSR count). The van der Waals surface area contributed by atoms with E-state index >= 15 is 0 Å². The third-order valence-corrected chi connectivity index (χ3v) is 5.66. The molecular formula is C23H27N3O2. The van der Waals surface area contributed by atoms with Crippen LogP contribution < -0.4 is 10.2 Å². The number of hydrogen-bond acceptors (Lipinski definition) is 3.